The van der Waals surface area contributed by atoms with E-state index in [4.69, 9.17) is 4.74 Å². The zero-order valence-electron chi connectivity index (χ0n) is 16.8. The number of aryl methyl sites for hydroxylation is 2. The molecule has 0 radical (unpaired) electrons. The first-order valence-electron chi connectivity index (χ1n) is 9.78. The van der Waals surface area contributed by atoms with Gasteiger partial charge in [0.25, 0.3) is 0 Å². The second-order valence-electron chi connectivity index (χ2n) is 7.47. The summed E-state index contributed by atoms with van der Waals surface area (Å²) in [4.78, 5) is 24.0. The Kier molecular flexibility index (Phi) is 5.27. The van der Waals surface area contributed by atoms with Crippen LogP contribution in [0.25, 0.3) is 11.1 Å². The molecule has 3 aromatic rings. The highest BCUT2D eigenvalue weighted by Gasteiger charge is 2.30. The van der Waals surface area contributed by atoms with Crippen molar-refractivity contribution in [1.29, 1.82) is 0 Å². The quantitative estimate of drug-likeness (QED) is 0.657. The van der Waals surface area contributed by atoms with Gasteiger partial charge < -0.3 is 15.2 Å². The number of carbonyl (C=O) groups is 2. The van der Waals surface area contributed by atoms with Gasteiger partial charge in [-0.2, -0.15) is 5.10 Å². The number of ether oxygens (including phenoxy) is 1. The molecule has 0 saturated heterocycles. The lowest BCUT2D eigenvalue weighted by molar-refractivity contribution is -0.139. The Hall–Kier alpha value is -3.61. The lowest BCUT2D eigenvalue weighted by Crippen LogP contribution is -2.43. The molecule has 4 rings (SSSR count). The molecule has 1 unspecified atom stereocenters. The number of nitrogens with one attached hydrogen (secondary N) is 1. The molecule has 1 atom stereocenters. The van der Waals surface area contributed by atoms with Crippen LogP contribution in [0.2, 0.25) is 0 Å². The third kappa shape index (κ3) is 3.78. The SMILES string of the molecule is Cc1cc(CC(NC(=O)OCC2c3ccccc3-c3ccccc32)C(=O)O)n(C)n1. The Balaban J connectivity index is 1.44. The Morgan fingerprint density at radius 1 is 1.13 bits per heavy atom. The van der Waals surface area contributed by atoms with Gasteiger partial charge in [-0.15, -0.1) is 0 Å². The summed E-state index contributed by atoms with van der Waals surface area (Å²) in [6.45, 7) is 1.97. The molecule has 0 fully saturated rings. The summed E-state index contributed by atoms with van der Waals surface area (Å²) in [5.74, 6) is -1.20. The number of carboxylic acid groups (broad SMARTS) is 1. The summed E-state index contributed by atoms with van der Waals surface area (Å²) in [5, 5.41) is 16.2. The van der Waals surface area contributed by atoms with E-state index in [1.54, 1.807) is 17.8 Å². The minimum atomic E-state index is -1.12. The van der Waals surface area contributed by atoms with Crippen molar-refractivity contribution >= 4 is 12.1 Å². The van der Waals surface area contributed by atoms with Crippen LogP contribution >= 0.6 is 0 Å². The van der Waals surface area contributed by atoms with Crippen LogP contribution in [0, 0.1) is 6.92 Å². The molecule has 1 aromatic heterocycles. The van der Waals surface area contributed by atoms with Crippen molar-refractivity contribution in [2.45, 2.75) is 25.3 Å². The molecule has 1 aliphatic rings. The van der Waals surface area contributed by atoms with E-state index in [9.17, 15) is 14.7 Å². The molecule has 1 aliphatic carbocycles. The van der Waals surface area contributed by atoms with E-state index in [2.05, 4.69) is 22.5 Å². The van der Waals surface area contributed by atoms with Crippen molar-refractivity contribution < 1.29 is 19.4 Å². The molecule has 1 heterocycles. The van der Waals surface area contributed by atoms with Crippen LogP contribution in [0.15, 0.2) is 54.6 Å². The maximum Gasteiger partial charge on any atom is 0.407 e. The third-order valence-corrected chi connectivity index (χ3v) is 5.45. The van der Waals surface area contributed by atoms with E-state index in [1.165, 1.54) is 0 Å². The van der Waals surface area contributed by atoms with Gasteiger partial charge in [-0.1, -0.05) is 48.5 Å². The van der Waals surface area contributed by atoms with E-state index in [1.807, 2.05) is 43.3 Å². The van der Waals surface area contributed by atoms with Crippen molar-refractivity contribution in [3.8, 4) is 11.1 Å². The summed E-state index contributed by atoms with van der Waals surface area (Å²) in [7, 11) is 1.74. The number of alkyl carbamates (subject to hydrolysis) is 1. The zero-order valence-corrected chi connectivity index (χ0v) is 16.8. The van der Waals surface area contributed by atoms with Crippen LogP contribution in [-0.4, -0.2) is 39.6 Å². The van der Waals surface area contributed by atoms with Gasteiger partial charge in [0.2, 0.25) is 0 Å². The third-order valence-electron chi connectivity index (χ3n) is 5.45. The average Bonchev–Trinajstić information content (AvgIpc) is 3.22. The largest absolute Gasteiger partial charge is 0.480 e. The number of carboxylic acids is 1. The molecule has 154 valence electrons. The van der Waals surface area contributed by atoms with Crippen molar-refractivity contribution in [3.05, 3.63) is 77.1 Å². The van der Waals surface area contributed by atoms with Gasteiger partial charge in [0.15, 0.2) is 0 Å². The smallest absolute Gasteiger partial charge is 0.407 e. The maximum absolute atomic E-state index is 12.4. The van der Waals surface area contributed by atoms with Gasteiger partial charge >= 0.3 is 12.1 Å². The summed E-state index contributed by atoms with van der Waals surface area (Å²) in [5.41, 5.74) is 5.99. The fraction of sp³-hybridized carbons (Fsp3) is 0.261. The van der Waals surface area contributed by atoms with Crippen LogP contribution < -0.4 is 5.32 Å². The summed E-state index contributed by atoms with van der Waals surface area (Å²) >= 11 is 0. The fourth-order valence-corrected chi connectivity index (χ4v) is 4.05. The highest BCUT2D eigenvalue weighted by atomic mass is 16.5. The topological polar surface area (TPSA) is 93.5 Å². The van der Waals surface area contributed by atoms with Crippen molar-refractivity contribution in [2.75, 3.05) is 6.61 Å². The molecule has 7 heteroatoms. The molecular weight excluding hydrogens is 382 g/mol. The predicted octanol–water partition coefficient (Wildman–Crippen LogP) is 3.26. The van der Waals surface area contributed by atoms with Crippen LogP contribution in [0.5, 0.6) is 0 Å². The standard InChI is InChI=1S/C23H23N3O4/c1-14-11-15(26(2)25-14)12-21(22(27)28)24-23(29)30-13-20-18-9-5-3-7-16(18)17-8-4-6-10-19(17)20/h3-11,20-21H,12-13H2,1-2H3,(H,24,29)(H,27,28). The van der Waals surface area contributed by atoms with Crippen molar-refractivity contribution in [3.63, 3.8) is 0 Å². The number of aromatic nitrogens is 2. The predicted molar refractivity (Wildman–Crippen MR) is 111 cm³/mol. The second-order valence-corrected chi connectivity index (χ2v) is 7.47. The van der Waals surface area contributed by atoms with E-state index < -0.39 is 18.1 Å². The first-order valence-corrected chi connectivity index (χ1v) is 9.78. The minimum Gasteiger partial charge on any atom is -0.480 e. The number of amides is 1. The first kappa shape index (κ1) is 19.7. The van der Waals surface area contributed by atoms with E-state index in [0.717, 1.165) is 33.6 Å². The summed E-state index contributed by atoms with van der Waals surface area (Å²) in [6.07, 6.45) is -0.625. The molecule has 2 N–H and O–H groups in total. The highest BCUT2D eigenvalue weighted by molar-refractivity contribution is 5.81. The van der Waals surface area contributed by atoms with Crippen LogP contribution in [0.3, 0.4) is 0 Å². The molecule has 0 saturated carbocycles. The van der Waals surface area contributed by atoms with E-state index in [-0.39, 0.29) is 18.9 Å². The molecule has 0 aliphatic heterocycles. The summed E-state index contributed by atoms with van der Waals surface area (Å²) in [6, 6.07) is 16.8. The first-order chi connectivity index (χ1) is 14.4. The Labute approximate surface area is 174 Å². The van der Waals surface area contributed by atoms with Gasteiger partial charge in [-0.3, -0.25) is 4.68 Å². The number of benzene rings is 2. The minimum absolute atomic E-state index is 0.0776. The molecule has 0 spiro atoms. The van der Waals surface area contributed by atoms with Crippen molar-refractivity contribution in [1.82, 2.24) is 15.1 Å². The Morgan fingerprint density at radius 3 is 2.27 bits per heavy atom. The van der Waals surface area contributed by atoms with Crippen LogP contribution in [-0.2, 0) is 23.0 Å². The number of hydrogen-bond donors (Lipinski definition) is 2. The van der Waals surface area contributed by atoms with Crippen LogP contribution in [0.1, 0.15) is 28.4 Å². The van der Waals surface area contributed by atoms with Gasteiger partial charge in [-0.05, 0) is 35.2 Å². The molecule has 0 bridgehead atoms. The lowest BCUT2D eigenvalue weighted by Gasteiger charge is -2.17. The second kappa shape index (κ2) is 8.02. The molecule has 2 aromatic carbocycles. The molecule has 30 heavy (non-hydrogen) atoms. The van der Waals surface area contributed by atoms with E-state index >= 15 is 0 Å². The Bertz CT molecular complexity index is 1060. The van der Waals surface area contributed by atoms with Gasteiger partial charge in [0, 0.05) is 25.1 Å². The Morgan fingerprint density at radius 2 is 1.73 bits per heavy atom. The number of nitrogens with zero attached hydrogens (tertiary/aromatic N) is 2. The zero-order chi connectivity index (χ0) is 21.3. The van der Waals surface area contributed by atoms with Gasteiger partial charge in [0.1, 0.15) is 12.6 Å². The number of aliphatic carboxylic acids is 1. The molecule has 1 amide bonds. The highest BCUT2D eigenvalue weighted by Crippen LogP contribution is 2.44. The summed E-state index contributed by atoms with van der Waals surface area (Å²) < 4.78 is 7.07. The number of hydrogen-bond acceptors (Lipinski definition) is 4. The monoisotopic (exact) mass is 405 g/mol. The fourth-order valence-electron chi connectivity index (χ4n) is 4.05. The van der Waals surface area contributed by atoms with Crippen LogP contribution in [0.4, 0.5) is 4.79 Å². The lowest BCUT2D eigenvalue weighted by atomic mass is 9.98. The van der Waals surface area contributed by atoms with Gasteiger partial charge in [-0.25, -0.2) is 9.59 Å². The average molecular weight is 405 g/mol. The number of rotatable bonds is 6. The van der Waals surface area contributed by atoms with Gasteiger partial charge in [0.05, 0.1) is 5.69 Å². The number of fused-ring (bicyclic) bond motifs is 3. The normalized spacial score (nSPS) is 13.4. The molecular formula is C23H23N3O4. The number of carbonyl (C=O) groups excluding carboxylic acids is 1. The molecule has 7 nitrogen and oxygen atoms in total. The van der Waals surface area contributed by atoms with Crippen molar-refractivity contribution in [2.24, 2.45) is 7.05 Å². The maximum atomic E-state index is 12.4. The van der Waals surface area contributed by atoms with E-state index in [0.29, 0.717) is 0 Å².